The van der Waals surface area contributed by atoms with E-state index in [-0.39, 0.29) is 0 Å². The second kappa shape index (κ2) is 8.92. The average Bonchev–Trinajstić information content (AvgIpc) is 3.07. The molecule has 0 spiro atoms. The van der Waals surface area contributed by atoms with Crippen molar-refractivity contribution in [1.29, 1.82) is 0 Å². The third kappa shape index (κ3) is 5.73. The third-order valence-corrected chi connectivity index (χ3v) is 3.33. The SMILES string of the molecule is CCNC(=NCc1ccnc(-n2cccn2)c1)NCCC(C)C. The molecule has 2 aromatic rings. The Labute approximate surface area is 138 Å². The number of rotatable bonds is 7. The quantitative estimate of drug-likeness (QED) is 0.608. The molecular weight excluding hydrogens is 288 g/mol. The van der Waals surface area contributed by atoms with Crippen LogP contribution in [0.3, 0.4) is 0 Å². The normalized spacial score (nSPS) is 11.7. The van der Waals surface area contributed by atoms with Crippen molar-refractivity contribution in [3.8, 4) is 5.82 Å². The van der Waals surface area contributed by atoms with Gasteiger partial charge in [0.1, 0.15) is 0 Å². The Morgan fingerprint density at radius 3 is 2.87 bits per heavy atom. The van der Waals surface area contributed by atoms with Crippen molar-refractivity contribution >= 4 is 5.96 Å². The lowest BCUT2D eigenvalue weighted by Gasteiger charge is -2.12. The maximum Gasteiger partial charge on any atom is 0.191 e. The number of guanidine groups is 1. The van der Waals surface area contributed by atoms with Gasteiger partial charge < -0.3 is 10.6 Å². The molecule has 0 radical (unpaired) electrons. The van der Waals surface area contributed by atoms with Crippen LogP contribution in [0.5, 0.6) is 0 Å². The highest BCUT2D eigenvalue weighted by atomic mass is 15.3. The van der Waals surface area contributed by atoms with Crippen LogP contribution in [0.2, 0.25) is 0 Å². The molecule has 2 heterocycles. The van der Waals surface area contributed by atoms with Gasteiger partial charge in [0, 0.05) is 31.7 Å². The van der Waals surface area contributed by atoms with Crippen LogP contribution in [0.4, 0.5) is 0 Å². The number of aromatic nitrogens is 3. The molecule has 0 aliphatic rings. The number of pyridine rings is 1. The van der Waals surface area contributed by atoms with Gasteiger partial charge in [0.2, 0.25) is 0 Å². The molecule has 0 saturated carbocycles. The van der Waals surface area contributed by atoms with Gasteiger partial charge in [0.15, 0.2) is 11.8 Å². The highest BCUT2D eigenvalue weighted by molar-refractivity contribution is 5.79. The maximum atomic E-state index is 4.64. The second-order valence-corrected chi connectivity index (χ2v) is 5.78. The van der Waals surface area contributed by atoms with E-state index >= 15 is 0 Å². The first-order valence-corrected chi connectivity index (χ1v) is 8.16. The van der Waals surface area contributed by atoms with Gasteiger partial charge in [0.25, 0.3) is 0 Å². The molecule has 0 aromatic carbocycles. The van der Waals surface area contributed by atoms with E-state index in [0.717, 1.165) is 36.9 Å². The van der Waals surface area contributed by atoms with Crippen LogP contribution in [-0.2, 0) is 6.54 Å². The van der Waals surface area contributed by atoms with Crippen molar-refractivity contribution < 1.29 is 0 Å². The van der Waals surface area contributed by atoms with E-state index in [1.165, 1.54) is 0 Å². The lowest BCUT2D eigenvalue weighted by atomic mass is 10.1. The van der Waals surface area contributed by atoms with Crippen LogP contribution in [0.15, 0.2) is 41.8 Å². The van der Waals surface area contributed by atoms with E-state index in [1.807, 2.05) is 24.4 Å². The molecule has 0 bridgehead atoms. The van der Waals surface area contributed by atoms with E-state index in [1.54, 1.807) is 17.1 Å². The minimum Gasteiger partial charge on any atom is -0.357 e. The predicted octanol–water partition coefficient (Wildman–Crippen LogP) is 2.37. The van der Waals surface area contributed by atoms with Gasteiger partial charge in [-0.2, -0.15) is 5.10 Å². The van der Waals surface area contributed by atoms with Crippen molar-refractivity contribution in [2.24, 2.45) is 10.9 Å². The van der Waals surface area contributed by atoms with Crippen LogP contribution in [0.1, 0.15) is 32.8 Å². The van der Waals surface area contributed by atoms with Crippen LogP contribution >= 0.6 is 0 Å². The lowest BCUT2D eigenvalue weighted by Crippen LogP contribution is -2.38. The third-order valence-electron chi connectivity index (χ3n) is 3.33. The highest BCUT2D eigenvalue weighted by Gasteiger charge is 2.02. The molecule has 2 aromatic heterocycles. The average molecular weight is 314 g/mol. The summed E-state index contributed by atoms with van der Waals surface area (Å²) in [5.41, 5.74) is 1.10. The molecule has 2 rings (SSSR count). The van der Waals surface area contributed by atoms with Crippen LogP contribution in [-0.4, -0.2) is 33.8 Å². The lowest BCUT2D eigenvalue weighted by molar-refractivity contribution is 0.573. The minimum atomic E-state index is 0.605. The fraction of sp³-hybridized carbons (Fsp3) is 0.471. The molecule has 0 unspecified atom stereocenters. The van der Waals surface area contributed by atoms with Crippen molar-refractivity contribution in [3.63, 3.8) is 0 Å². The van der Waals surface area contributed by atoms with Crippen LogP contribution < -0.4 is 10.6 Å². The molecule has 0 saturated heterocycles. The fourth-order valence-electron chi connectivity index (χ4n) is 2.08. The van der Waals surface area contributed by atoms with Crippen LogP contribution in [0.25, 0.3) is 5.82 Å². The van der Waals surface area contributed by atoms with Gasteiger partial charge in [-0.15, -0.1) is 0 Å². The summed E-state index contributed by atoms with van der Waals surface area (Å²) in [6.45, 7) is 8.90. The van der Waals surface area contributed by atoms with Crippen LogP contribution in [0, 0.1) is 5.92 Å². The summed E-state index contributed by atoms with van der Waals surface area (Å²) < 4.78 is 1.75. The molecule has 6 nitrogen and oxygen atoms in total. The second-order valence-electron chi connectivity index (χ2n) is 5.78. The Kier molecular flexibility index (Phi) is 6.59. The number of nitrogens with one attached hydrogen (secondary N) is 2. The monoisotopic (exact) mass is 314 g/mol. The summed E-state index contributed by atoms with van der Waals surface area (Å²) in [6, 6.07) is 5.87. The summed E-state index contributed by atoms with van der Waals surface area (Å²) in [7, 11) is 0. The van der Waals surface area contributed by atoms with E-state index in [9.17, 15) is 0 Å². The zero-order valence-corrected chi connectivity index (χ0v) is 14.2. The molecule has 6 heteroatoms. The van der Waals surface area contributed by atoms with Gasteiger partial charge in [0.05, 0.1) is 6.54 Å². The van der Waals surface area contributed by atoms with Gasteiger partial charge in [-0.25, -0.2) is 14.7 Å². The molecule has 0 atom stereocenters. The number of hydrogen-bond donors (Lipinski definition) is 2. The predicted molar refractivity (Wildman–Crippen MR) is 93.6 cm³/mol. The summed E-state index contributed by atoms with van der Waals surface area (Å²) >= 11 is 0. The summed E-state index contributed by atoms with van der Waals surface area (Å²) in [4.78, 5) is 8.98. The standard InChI is InChI=1S/C17H26N6/c1-4-18-17(20-9-6-14(2)3)21-13-15-7-10-19-16(12-15)23-11-5-8-22-23/h5,7-8,10-12,14H,4,6,9,13H2,1-3H3,(H2,18,20,21). The van der Waals surface area contributed by atoms with Gasteiger partial charge in [-0.3, -0.25) is 0 Å². The zero-order valence-electron chi connectivity index (χ0n) is 14.2. The Morgan fingerprint density at radius 1 is 1.30 bits per heavy atom. The summed E-state index contributed by atoms with van der Waals surface area (Å²) in [5.74, 6) is 2.34. The minimum absolute atomic E-state index is 0.605. The Bertz CT molecular complexity index is 603. The van der Waals surface area contributed by atoms with E-state index < -0.39 is 0 Å². The molecular formula is C17H26N6. The topological polar surface area (TPSA) is 67.1 Å². The zero-order chi connectivity index (χ0) is 16.5. The van der Waals surface area contributed by atoms with E-state index in [0.29, 0.717) is 12.5 Å². The number of hydrogen-bond acceptors (Lipinski definition) is 3. The Morgan fingerprint density at radius 2 is 2.17 bits per heavy atom. The molecule has 2 N–H and O–H groups in total. The van der Waals surface area contributed by atoms with Crippen molar-refractivity contribution in [1.82, 2.24) is 25.4 Å². The van der Waals surface area contributed by atoms with Crippen molar-refractivity contribution in [3.05, 3.63) is 42.4 Å². The Hall–Kier alpha value is -2.37. The molecule has 0 aliphatic carbocycles. The number of nitrogens with zero attached hydrogens (tertiary/aromatic N) is 4. The molecule has 124 valence electrons. The van der Waals surface area contributed by atoms with Crippen molar-refractivity contribution in [2.75, 3.05) is 13.1 Å². The van der Waals surface area contributed by atoms with Gasteiger partial charge in [-0.1, -0.05) is 13.8 Å². The van der Waals surface area contributed by atoms with E-state index in [4.69, 9.17) is 0 Å². The molecule has 0 amide bonds. The molecule has 0 aliphatic heterocycles. The molecule has 23 heavy (non-hydrogen) atoms. The first kappa shape index (κ1) is 17.0. The summed E-state index contributed by atoms with van der Waals surface area (Å²) in [5, 5.41) is 10.8. The fourth-order valence-corrected chi connectivity index (χ4v) is 2.08. The first-order valence-electron chi connectivity index (χ1n) is 8.16. The van der Waals surface area contributed by atoms with E-state index in [2.05, 4.69) is 46.5 Å². The molecule has 0 fully saturated rings. The number of aliphatic imine (C=N–C) groups is 1. The largest absolute Gasteiger partial charge is 0.357 e. The smallest absolute Gasteiger partial charge is 0.191 e. The summed E-state index contributed by atoms with van der Waals surface area (Å²) in [6.07, 6.45) is 6.55. The Balaban J connectivity index is 1.99. The van der Waals surface area contributed by atoms with Gasteiger partial charge >= 0.3 is 0 Å². The maximum absolute atomic E-state index is 4.64. The first-order chi connectivity index (χ1) is 11.2. The van der Waals surface area contributed by atoms with Gasteiger partial charge in [-0.05, 0) is 43.0 Å². The van der Waals surface area contributed by atoms with Crippen molar-refractivity contribution in [2.45, 2.75) is 33.7 Å². The highest BCUT2D eigenvalue weighted by Crippen LogP contribution is 2.07.